The van der Waals surface area contributed by atoms with Gasteiger partial charge in [-0.3, -0.25) is 4.79 Å². The number of aldehydes is 1. The maximum absolute atomic E-state index is 11.5. The van der Waals surface area contributed by atoms with Gasteiger partial charge in [-0.25, -0.2) is 4.45 Å². The highest BCUT2D eigenvalue weighted by molar-refractivity contribution is 14.2. The number of carbonyl (C=O) groups is 1. The lowest BCUT2D eigenvalue weighted by Gasteiger charge is -2.03. The highest BCUT2D eigenvalue weighted by atomic mass is 127. The molecule has 1 heterocycles. The minimum atomic E-state index is -0.289. The molecular formula is C7H7ClIN2O2P. The van der Waals surface area contributed by atoms with Crippen molar-refractivity contribution in [3.05, 3.63) is 27.1 Å². The van der Waals surface area contributed by atoms with Crippen LogP contribution in [0.2, 0.25) is 5.02 Å². The van der Waals surface area contributed by atoms with Crippen LogP contribution >= 0.6 is 40.0 Å². The Balaban J connectivity index is 3.04. The number of carbonyl (C=O) groups excluding carboxylic acids is 1. The van der Waals surface area contributed by atoms with Gasteiger partial charge in [0.05, 0.1) is 12.6 Å². The van der Waals surface area contributed by atoms with Crippen LogP contribution < -0.4 is 5.56 Å². The number of aromatic nitrogens is 2. The highest BCUT2D eigenvalue weighted by Crippen LogP contribution is 2.21. The molecule has 1 atom stereocenters. The number of halogens is 2. The van der Waals surface area contributed by atoms with Crippen LogP contribution in [0.3, 0.4) is 0 Å². The number of aryl methyl sites for hydroxylation is 1. The second kappa shape index (κ2) is 5.78. The molecular weight excluding hydrogens is 337 g/mol. The van der Waals surface area contributed by atoms with Gasteiger partial charge in [0.1, 0.15) is 11.3 Å². The highest BCUT2D eigenvalue weighted by Gasteiger charge is 2.07. The van der Waals surface area contributed by atoms with Gasteiger partial charge in [-0.05, 0) is 34.0 Å². The summed E-state index contributed by atoms with van der Waals surface area (Å²) in [5.74, 6) is 0. The van der Waals surface area contributed by atoms with Crippen LogP contribution in [0.1, 0.15) is 12.0 Å². The molecule has 14 heavy (non-hydrogen) atoms. The molecule has 0 amide bonds. The Morgan fingerprint density at radius 1 is 1.71 bits per heavy atom. The van der Waals surface area contributed by atoms with Gasteiger partial charge in [-0.2, -0.15) is 5.10 Å². The Labute approximate surface area is 100 Å². The van der Waals surface area contributed by atoms with E-state index in [2.05, 4.69) is 5.10 Å². The number of nitrogens with zero attached hydrogens (tertiary/aromatic N) is 2. The topological polar surface area (TPSA) is 52.0 Å². The zero-order valence-electron chi connectivity index (χ0n) is 7.04. The van der Waals surface area contributed by atoms with Gasteiger partial charge in [0.25, 0.3) is 5.56 Å². The first kappa shape index (κ1) is 12.1. The first-order chi connectivity index (χ1) is 6.70. The van der Waals surface area contributed by atoms with Gasteiger partial charge in [-0.1, -0.05) is 11.6 Å². The molecule has 76 valence electrons. The van der Waals surface area contributed by atoms with E-state index in [1.165, 1.54) is 4.45 Å². The average Bonchev–Trinajstić information content (AvgIpc) is 2.20. The van der Waals surface area contributed by atoms with Crippen LogP contribution in [0.15, 0.2) is 11.0 Å². The fourth-order valence-electron chi connectivity index (χ4n) is 0.916. The Bertz CT molecular complexity index is 396. The molecule has 0 aliphatic heterocycles. The molecule has 1 rings (SSSR count). The first-order valence-electron chi connectivity index (χ1n) is 3.77. The van der Waals surface area contributed by atoms with E-state index in [0.29, 0.717) is 18.4 Å². The van der Waals surface area contributed by atoms with Gasteiger partial charge in [0, 0.05) is 6.42 Å². The summed E-state index contributed by atoms with van der Waals surface area (Å²) in [6, 6.07) is 0. The fraction of sp³-hybridized carbons (Fsp3) is 0.286. The average molecular weight is 344 g/mol. The van der Waals surface area contributed by atoms with Crippen molar-refractivity contribution in [3.63, 3.8) is 0 Å². The third kappa shape index (κ3) is 2.74. The van der Waals surface area contributed by atoms with Gasteiger partial charge in [0.2, 0.25) is 0 Å². The van der Waals surface area contributed by atoms with Crippen molar-refractivity contribution in [1.82, 2.24) is 9.55 Å². The zero-order valence-corrected chi connectivity index (χ0v) is 10.9. The summed E-state index contributed by atoms with van der Waals surface area (Å²) in [6.07, 6.45) is 3.39. The van der Waals surface area contributed by atoms with Crippen LogP contribution in [0.25, 0.3) is 0 Å². The third-order valence-electron chi connectivity index (χ3n) is 1.60. The smallest absolute Gasteiger partial charge is 0.289 e. The van der Waals surface area contributed by atoms with Gasteiger partial charge >= 0.3 is 0 Å². The van der Waals surface area contributed by atoms with E-state index in [4.69, 9.17) is 11.6 Å². The lowest BCUT2D eigenvalue weighted by molar-refractivity contribution is -0.107. The Hall–Kier alpha value is -0.000000000000000111. The van der Waals surface area contributed by atoms with Crippen LogP contribution in [0.5, 0.6) is 0 Å². The third-order valence-corrected chi connectivity index (χ3v) is 3.86. The predicted molar refractivity (Wildman–Crippen MR) is 65.6 cm³/mol. The molecule has 4 nitrogen and oxygen atoms in total. The van der Waals surface area contributed by atoms with E-state index in [1.54, 1.807) is 6.20 Å². The second-order valence-electron chi connectivity index (χ2n) is 2.49. The summed E-state index contributed by atoms with van der Waals surface area (Å²) in [5, 5.41) is 4.09. The monoisotopic (exact) mass is 344 g/mol. The summed E-state index contributed by atoms with van der Waals surface area (Å²) < 4.78 is 1.30. The summed E-state index contributed by atoms with van der Waals surface area (Å²) in [4.78, 5) is 21.6. The number of hydrogen-bond donors (Lipinski definition) is 0. The standard InChI is InChI=1S/C7H7ClIN2O2P/c8-6-5(2-1-3-12)4-10-11(14-9)7(6)13/h3-4,14H,1-2H2. The molecule has 0 aliphatic carbocycles. The summed E-state index contributed by atoms with van der Waals surface area (Å²) in [5.41, 5.74) is 0.345. The first-order valence-corrected chi connectivity index (χ1v) is 8.21. The van der Waals surface area contributed by atoms with Gasteiger partial charge < -0.3 is 4.79 Å². The van der Waals surface area contributed by atoms with E-state index in [-0.39, 0.29) is 17.0 Å². The normalized spacial score (nSPS) is 11.0. The largest absolute Gasteiger partial charge is 0.303 e. The Kier molecular flexibility index (Phi) is 4.98. The van der Waals surface area contributed by atoms with Crippen LogP contribution in [-0.2, 0) is 11.2 Å². The second-order valence-corrected chi connectivity index (χ2v) is 4.91. The Morgan fingerprint density at radius 3 is 3.00 bits per heavy atom. The molecule has 0 saturated carbocycles. The summed E-state index contributed by atoms with van der Waals surface area (Å²) in [6.45, 7) is 0. The molecule has 0 aromatic carbocycles. The molecule has 0 radical (unpaired) electrons. The summed E-state index contributed by atoms with van der Waals surface area (Å²) >= 11 is 7.87. The molecule has 0 bridgehead atoms. The molecule has 1 unspecified atom stereocenters. The van der Waals surface area contributed by atoms with Crippen molar-refractivity contribution in [2.75, 3.05) is 0 Å². The van der Waals surface area contributed by atoms with Crippen molar-refractivity contribution in [2.45, 2.75) is 12.8 Å². The van der Waals surface area contributed by atoms with Crippen molar-refractivity contribution in [3.8, 4) is 0 Å². The molecule has 0 saturated heterocycles. The van der Waals surface area contributed by atoms with Crippen molar-refractivity contribution in [1.29, 1.82) is 0 Å². The Morgan fingerprint density at radius 2 is 2.43 bits per heavy atom. The number of hydrogen-bond acceptors (Lipinski definition) is 3. The molecule has 1 aromatic rings. The van der Waals surface area contributed by atoms with E-state index in [1.807, 2.05) is 22.0 Å². The molecule has 7 heteroatoms. The van der Waals surface area contributed by atoms with E-state index < -0.39 is 0 Å². The van der Waals surface area contributed by atoms with E-state index in [0.717, 1.165) is 6.29 Å². The van der Waals surface area contributed by atoms with Gasteiger partial charge in [-0.15, -0.1) is 0 Å². The number of rotatable bonds is 4. The van der Waals surface area contributed by atoms with Crippen molar-refractivity contribution >= 4 is 46.3 Å². The molecule has 0 fully saturated rings. The maximum Gasteiger partial charge on any atom is 0.289 e. The minimum absolute atomic E-state index is 0.172. The van der Waals surface area contributed by atoms with Crippen molar-refractivity contribution in [2.24, 2.45) is 0 Å². The summed E-state index contributed by atoms with van der Waals surface area (Å²) in [7, 11) is 0. The van der Waals surface area contributed by atoms with E-state index in [9.17, 15) is 9.59 Å². The van der Waals surface area contributed by atoms with Crippen LogP contribution in [0, 0.1) is 0 Å². The lowest BCUT2D eigenvalue weighted by Crippen LogP contribution is -2.18. The minimum Gasteiger partial charge on any atom is -0.303 e. The predicted octanol–water partition coefficient (Wildman–Crippen LogP) is 1.82. The maximum atomic E-state index is 11.5. The van der Waals surface area contributed by atoms with Gasteiger partial charge in [0.15, 0.2) is 0 Å². The molecule has 0 aliphatic rings. The lowest BCUT2D eigenvalue weighted by atomic mass is 10.2. The quantitative estimate of drug-likeness (QED) is 0.476. The SMILES string of the molecule is O=CCCc1cnn(PI)c(=O)c1Cl. The molecule has 0 N–H and O–H groups in total. The van der Waals surface area contributed by atoms with Crippen molar-refractivity contribution < 1.29 is 4.79 Å². The van der Waals surface area contributed by atoms with Crippen LogP contribution in [-0.4, -0.2) is 15.8 Å². The van der Waals surface area contributed by atoms with E-state index >= 15 is 0 Å². The molecule has 1 aromatic heterocycles. The zero-order chi connectivity index (χ0) is 10.6. The fourth-order valence-corrected chi connectivity index (χ4v) is 2.53. The molecule has 0 spiro atoms. The van der Waals surface area contributed by atoms with Crippen LogP contribution in [0.4, 0.5) is 0 Å².